The second-order valence-electron chi connectivity index (χ2n) is 6.57. The molecule has 1 heterocycles. The van der Waals surface area contributed by atoms with E-state index in [9.17, 15) is 26.4 Å². The number of hydrogen-bond donors (Lipinski definition) is 1. The Kier molecular flexibility index (Phi) is 5.28. The van der Waals surface area contributed by atoms with Gasteiger partial charge in [0.1, 0.15) is 0 Å². The molecule has 0 radical (unpaired) electrons. The molecule has 0 spiro atoms. The van der Waals surface area contributed by atoms with Crippen LogP contribution < -0.4 is 4.72 Å². The molecule has 1 aromatic carbocycles. The highest BCUT2D eigenvalue weighted by molar-refractivity contribution is 7.89. The number of carbonyl (C=O) groups is 1. The number of nitrogens with one attached hydrogen (secondary N) is 1. The average molecular weight is 416 g/mol. The summed E-state index contributed by atoms with van der Waals surface area (Å²) in [5.41, 5.74) is -0.454. The minimum Gasteiger partial charge on any atom is -0.438 e. The number of sulfonamides is 1. The van der Waals surface area contributed by atoms with Gasteiger partial charge in [0.05, 0.1) is 11.6 Å². The van der Waals surface area contributed by atoms with Gasteiger partial charge in [-0.25, -0.2) is 13.1 Å². The number of furan rings is 1. The number of alkyl halides is 3. The lowest BCUT2D eigenvalue weighted by Crippen LogP contribution is -2.35. The molecule has 0 aliphatic heterocycles. The van der Waals surface area contributed by atoms with Crippen LogP contribution in [-0.2, 0) is 16.2 Å². The van der Waals surface area contributed by atoms with Crippen molar-refractivity contribution in [2.75, 3.05) is 7.05 Å². The van der Waals surface area contributed by atoms with Crippen molar-refractivity contribution < 1.29 is 30.8 Å². The average Bonchev–Trinajstić information content (AvgIpc) is 3.34. The SMILES string of the molecule is CNS(=O)(=O)c1ccc(C(=O)N(C2CC2)[C@@H](C)c2cccc(C(F)(F)F)c2)o1. The van der Waals surface area contributed by atoms with Gasteiger partial charge in [0.15, 0.2) is 5.76 Å². The summed E-state index contributed by atoms with van der Waals surface area (Å²) in [6.45, 7) is 1.64. The molecule has 0 bridgehead atoms. The first-order valence-electron chi connectivity index (χ1n) is 8.58. The van der Waals surface area contributed by atoms with Crippen molar-refractivity contribution in [2.45, 2.75) is 43.1 Å². The molecule has 6 nitrogen and oxygen atoms in total. The quantitative estimate of drug-likeness (QED) is 0.781. The van der Waals surface area contributed by atoms with Crippen molar-refractivity contribution >= 4 is 15.9 Å². The first kappa shape index (κ1) is 20.4. The van der Waals surface area contributed by atoms with E-state index in [1.165, 1.54) is 36.2 Å². The third-order valence-electron chi connectivity index (χ3n) is 4.61. The Morgan fingerprint density at radius 2 is 1.93 bits per heavy atom. The van der Waals surface area contributed by atoms with Crippen molar-refractivity contribution in [1.29, 1.82) is 0 Å². The van der Waals surface area contributed by atoms with Gasteiger partial charge in [0.2, 0.25) is 5.09 Å². The Labute approximate surface area is 160 Å². The fraction of sp³-hybridized carbons (Fsp3) is 0.389. The van der Waals surface area contributed by atoms with E-state index in [0.29, 0.717) is 5.56 Å². The van der Waals surface area contributed by atoms with Crippen LogP contribution in [0.4, 0.5) is 13.2 Å². The Morgan fingerprint density at radius 1 is 1.25 bits per heavy atom. The molecule has 1 saturated carbocycles. The van der Waals surface area contributed by atoms with Crippen molar-refractivity contribution in [3.8, 4) is 0 Å². The topological polar surface area (TPSA) is 79.6 Å². The smallest absolute Gasteiger partial charge is 0.416 e. The molecule has 1 aliphatic carbocycles. The molecule has 1 fully saturated rings. The Hall–Kier alpha value is -2.33. The van der Waals surface area contributed by atoms with Gasteiger partial charge >= 0.3 is 6.18 Å². The lowest BCUT2D eigenvalue weighted by Gasteiger charge is -2.29. The van der Waals surface area contributed by atoms with Gasteiger partial charge in [0.25, 0.3) is 15.9 Å². The summed E-state index contributed by atoms with van der Waals surface area (Å²) in [7, 11) is -2.63. The second-order valence-corrected chi connectivity index (χ2v) is 8.39. The van der Waals surface area contributed by atoms with Crippen LogP contribution in [0.25, 0.3) is 0 Å². The van der Waals surface area contributed by atoms with Gasteiger partial charge in [-0.15, -0.1) is 0 Å². The predicted molar refractivity (Wildman–Crippen MR) is 94.0 cm³/mol. The number of nitrogens with zero attached hydrogens (tertiary/aromatic N) is 1. The van der Waals surface area contributed by atoms with Crippen molar-refractivity contribution in [2.24, 2.45) is 0 Å². The van der Waals surface area contributed by atoms with Crippen molar-refractivity contribution in [3.63, 3.8) is 0 Å². The maximum Gasteiger partial charge on any atom is 0.416 e. The highest BCUT2D eigenvalue weighted by Gasteiger charge is 2.39. The number of hydrogen-bond acceptors (Lipinski definition) is 4. The van der Waals surface area contributed by atoms with E-state index in [1.807, 2.05) is 0 Å². The van der Waals surface area contributed by atoms with Crippen LogP contribution in [-0.4, -0.2) is 32.3 Å². The molecular weight excluding hydrogens is 397 g/mol. The highest BCUT2D eigenvalue weighted by Crippen LogP contribution is 2.37. The largest absolute Gasteiger partial charge is 0.438 e. The number of amides is 1. The lowest BCUT2D eigenvalue weighted by molar-refractivity contribution is -0.137. The molecule has 1 atom stereocenters. The summed E-state index contributed by atoms with van der Waals surface area (Å²) in [5, 5.41) is -0.402. The molecule has 152 valence electrons. The predicted octanol–water partition coefficient (Wildman–Crippen LogP) is 3.57. The lowest BCUT2D eigenvalue weighted by atomic mass is 10.0. The summed E-state index contributed by atoms with van der Waals surface area (Å²) in [4.78, 5) is 14.4. The minimum atomic E-state index is -4.48. The molecule has 3 rings (SSSR count). The Balaban J connectivity index is 1.91. The third kappa shape index (κ3) is 4.07. The third-order valence-corrected chi connectivity index (χ3v) is 5.90. The first-order valence-corrected chi connectivity index (χ1v) is 10.1. The van der Waals surface area contributed by atoms with Crippen LogP contribution in [0.15, 0.2) is 45.9 Å². The minimum absolute atomic E-state index is 0.133. The summed E-state index contributed by atoms with van der Waals surface area (Å²) in [5.74, 6) is -0.746. The zero-order chi connectivity index (χ0) is 20.7. The van der Waals surface area contributed by atoms with Gasteiger partial charge in [0, 0.05) is 6.04 Å². The van der Waals surface area contributed by atoms with Gasteiger partial charge in [-0.3, -0.25) is 4.79 Å². The zero-order valence-electron chi connectivity index (χ0n) is 15.2. The van der Waals surface area contributed by atoms with Crippen LogP contribution in [0.1, 0.15) is 47.5 Å². The fourth-order valence-electron chi connectivity index (χ4n) is 2.95. The van der Waals surface area contributed by atoms with Gasteiger partial charge in [-0.05, 0) is 56.6 Å². The molecule has 10 heteroatoms. The number of benzene rings is 1. The van der Waals surface area contributed by atoms with E-state index in [4.69, 9.17) is 4.42 Å². The van der Waals surface area contributed by atoms with E-state index in [1.54, 1.807) is 6.92 Å². The fourth-order valence-corrected chi connectivity index (χ4v) is 3.60. The normalized spacial score (nSPS) is 16.0. The molecule has 0 saturated heterocycles. The molecular formula is C18H19F3N2O4S. The van der Waals surface area contributed by atoms with E-state index in [0.717, 1.165) is 25.0 Å². The van der Waals surface area contributed by atoms with E-state index < -0.39 is 38.8 Å². The second kappa shape index (κ2) is 7.25. The zero-order valence-corrected chi connectivity index (χ0v) is 16.0. The maximum absolute atomic E-state index is 13.0. The van der Waals surface area contributed by atoms with Crippen LogP contribution in [0.5, 0.6) is 0 Å². The molecule has 1 amide bonds. The molecule has 1 aromatic heterocycles. The van der Waals surface area contributed by atoms with E-state index in [2.05, 4.69) is 4.72 Å². The summed E-state index contributed by atoms with van der Waals surface area (Å²) < 4.78 is 69.9. The van der Waals surface area contributed by atoms with Crippen LogP contribution in [0.3, 0.4) is 0 Å². The molecule has 0 unspecified atom stereocenters. The molecule has 1 aliphatic rings. The summed E-state index contributed by atoms with van der Waals surface area (Å²) >= 11 is 0. The molecule has 1 N–H and O–H groups in total. The summed E-state index contributed by atoms with van der Waals surface area (Å²) in [6, 6.07) is 6.46. The standard InChI is InChI=1S/C18H19F3N2O4S/c1-11(12-4-3-5-13(10-12)18(19,20)21)23(14-6-7-14)17(24)15-8-9-16(27-15)28(25,26)22-2/h3-5,8-11,14,22H,6-7H2,1-2H3/t11-/m0/s1. The summed E-state index contributed by atoms with van der Waals surface area (Å²) in [6.07, 6.45) is -3.05. The van der Waals surface area contributed by atoms with Crippen molar-refractivity contribution in [3.05, 3.63) is 53.3 Å². The Morgan fingerprint density at radius 3 is 2.50 bits per heavy atom. The maximum atomic E-state index is 13.0. The van der Waals surface area contributed by atoms with Crippen LogP contribution >= 0.6 is 0 Å². The molecule has 28 heavy (non-hydrogen) atoms. The number of halogens is 3. The van der Waals surface area contributed by atoms with E-state index >= 15 is 0 Å². The number of carbonyl (C=O) groups excluding carboxylic acids is 1. The van der Waals surface area contributed by atoms with Gasteiger partial charge in [-0.1, -0.05) is 12.1 Å². The monoisotopic (exact) mass is 416 g/mol. The highest BCUT2D eigenvalue weighted by atomic mass is 32.2. The van der Waals surface area contributed by atoms with Crippen LogP contribution in [0, 0.1) is 0 Å². The Bertz CT molecular complexity index is 981. The van der Waals surface area contributed by atoms with Gasteiger partial charge in [-0.2, -0.15) is 13.2 Å². The number of rotatable bonds is 6. The van der Waals surface area contributed by atoms with Gasteiger partial charge < -0.3 is 9.32 Å². The van der Waals surface area contributed by atoms with E-state index in [-0.39, 0.29) is 11.8 Å². The molecule has 2 aromatic rings. The van der Waals surface area contributed by atoms with Crippen LogP contribution in [0.2, 0.25) is 0 Å². The first-order chi connectivity index (χ1) is 13.0. The van der Waals surface area contributed by atoms with Crippen molar-refractivity contribution in [1.82, 2.24) is 9.62 Å².